The Labute approximate surface area is 128 Å². The van der Waals surface area contributed by atoms with Crippen molar-refractivity contribution < 1.29 is 19.2 Å². The number of carbonyl (C=O) groups excluding carboxylic acids is 1. The molecule has 0 aliphatic heterocycles. The van der Waals surface area contributed by atoms with Crippen LogP contribution in [0, 0.1) is 0 Å². The van der Waals surface area contributed by atoms with Crippen LogP contribution in [0.1, 0.15) is 45.4 Å². The van der Waals surface area contributed by atoms with Crippen LogP contribution in [-0.2, 0) is 9.59 Å². The van der Waals surface area contributed by atoms with Gasteiger partial charge in [-0.25, -0.2) is 0 Å². The standard InChI is InChI=1S/C16H30N2O3/c1-14(2)16(21)17-11-7-5-6-8-12-18(3,4)13-9-10-15(19)20/h1,5-13H2,2-4H3,(H-,17,19,20,21)/p+1. The molecule has 0 rings (SSSR count). The van der Waals surface area contributed by atoms with E-state index < -0.39 is 5.97 Å². The molecule has 122 valence electrons. The normalized spacial score (nSPS) is 11.2. The van der Waals surface area contributed by atoms with Crippen molar-refractivity contribution in [2.24, 2.45) is 0 Å². The molecule has 0 aliphatic carbocycles. The van der Waals surface area contributed by atoms with Gasteiger partial charge in [0.2, 0.25) is 5.91 Å². The molecule has 5 nitrogen and oxygen atoms in total. The summed E-state index contributed by atoms with van der Waals surface area (Å²) in [6.45, 7) is 7.98. The average molecular weight is 299 g/mol. The van der Waals surface area contributed by atoms with E-state index in [2.05, 4.69) is 26.0 Å². The highest BCUT2D eigenvalue weighted by molar-refractivity contribution is 5.91. The molecule has 0 aromatic heterocycles. The highest BCUT2D eigenvalue weighted by Crippen LogP contribution is 2.07. The molecule has 0 aliphatic rings. The van der Waals surface area contributed by atoms with E-state index in [1.54, 1.807) is 6.92 Å². The minimum atomic E-state index is -0.716. The highest BCUT2D eigenvalue weighted by atomic mass is 16.4. The Kier molecular flexibility index (Phi) is 9.71. The van der Waals surface area contributed by atoms with Crippen LogP contribution in [0.2, 0.25) is 0 Å². The van der Waals surface area contributed by atoms with Crippen molar-refractivity contribution in [1.29, 1.82) is 0 Å². The monoisotopic (exact) mass is 299 g/mol. The smallest absolute Gasteiger partial charge is 0.303 e. The summed E-state index contributed by atoms with van der Waals surface area (Å²) in [5.74, 6) is -0.780. The van der Waals surface area contributed by atoms with Crippen LogP contribution < -0.4 is 5.32 Å². The summed E-state index contributed by atoms with van der Waals surface area (Å²) in [5, 5.41) is 11.5. The van der Waals surface area contributed by atoms with E-state index >= 15 is 0 Å². The molecule has 0 fully saturated rings. The van der Waals surface area contributed by atoms with E-state index in [1.165, 1.54) is 0 Å². The van der Waals surface area contributed by atoms with Gasteiger partial charge in [0.05, 0.1) is 33.6 Å². The second kappa shape index (κ2) is 10.4. The van der Waals surface area contributed by atoms with Crippen molar-refractivity contribution >= 4 is 11.9 Å². The Morgan fingerprint density at radius 3 is 2.19 bits per heavy atom. The third-order valence-corrected chi connectivity index (χ3v) is 3.52. The lowest BCUT2D eigenvalue weighted by Gasteiger charge is -2.29. The van der Waals surface area contributed by atoms with Gasteiger partial charge in [-0.15, -0.1) is 0 Å². The predicted molar refractivity (Wildman–Crippen MR) is 85.0 cm³/mol. The third-order valence-electron chi connectivity index (χ3n) is 3.52. The number of amides is 1. The van der Waals surface area contributed by atoms with E-state index in [1.807, 2.05) is 0 Å². The van der Waals surface area contributed by atoms with Gasteiger partial charge in [-0.05, 0) is 26.2 Å². The summed E-state index contributed by atoms with van der Waals surface area (Å²) < 4.78 is 0.875. The molecular formula is C16H31N2O3+. The number of aliphatic carboxylic acids is 1. The first-order valence-electron chi connectivity index (χ1n) is 7.72. The van der Waals surface area contributed by atoms with E-state index in [0.717, 1.165) is 49.7 Å². The molecule has 0 unspecified atom stereocenters. The maximum Gasteiger partial charge on any atom is 0.303 e. The molecular weight excluding hydrogens is 268 g/mol. The topological polar surface area (TPSA) is 66.4 Å². The van der Waals surface area contributed by atoms with Crippen LogP contribution in [0.3, 0.4) is 0 Å². The van der Waals surface area contributed by atoms with Gasteiger partial charge in [0, 0.05) is 18.5 Å². The first-order chi connectivity index (χ1) is 9.74. The lowest BCUT2D eigenvalue weighted by atomic mass is 10.1. The van der Waals surface area contributed by atoms with Crippen molar-refractivity contribution in [3.63, 3.8) is 0 Å². The second-order valence-corrected chi connectivity index (χ2v) is 6.33. The Morgan fingerprint density at radius 1 is 1.05 bits per heavy atom. The number of carbonyl (C=O) groups is 2. The van der Waals surface area contributed by atoms with E-state index in [0.29, 0.717) is 12.1 Å². The van der Waals surface area contributed by atoms with Crippen LogP contribution in [0.15, 0.2) is 12.2 Å². The fraction of sp³-hybridized carbons (Fsp3) is 0.750. The molecule has 0 heterocycles. The van der Waals surface area contributed by atoms with Crippen LogP contribution in [0.5, 0.6) is 0 Å². The van der Waals surface area contributed by atoms with Crippen molar-refractivity contribution in [3.05, 3.63) is 12.2 Å². The van der Waals surface area contributed by atoms with Gasteiger partial charge < -0.3 is 14.9 Å². The predicted octanol–water partition coefficient (Wildman–Crippen LogP) is 2.18. The number of hydrogen-bond donors (Lipinski definition) is 2. The second-order valence-electron chi connectivity index (χ2n) is 6.33. The molecule has 1 amide bonds. The van der Waals surface area contributed by atoms with Gasteiger partial charge in [0.15, 0.2) is 0 Å². The highest BCUT2D eigenvalue weighted by Gasteiger charge is 2.14. The van der Waals surface area contributed by atoms with Gasteiger partial charge in [0.25, 0.3) is 0 Å². The number of rotatable bonds is 12. The zero-order valence-corrected chi connectivity index (χ0v) is 13.8. The Morgan fingerprint density at radius 2 is 1.62 bits per heavy atom. The quantitative estimate of drug-likeness (QED) is 0.330. The lowest BCUT2D eigenvalue weighted by Crippen LogP contribution is -2.41. The number of carboxylic acid groups (broad SMARTS) is 1. The molecule has 0 spiro atoms. The maximum absolute atomic E-state index is 11.3. The van der Waals surface area contributed by atoms with Gasteiger partial charge in [0.1, 0.15) is 0 Å². The fourth-order valence-electron chi connectivity index (χ4n) is 2.14. The number of hydrogen-bond acceptors (Lipinski definition) is 2. The molecule has 21 heavy (non-hydrogen) atoms. The van der Waals surface area contributed by atoms with E-state index in [4.69, 9.17) is 5.11 Å². The van der Waals surface area contributed by atoms with Crippen LogP contribution in [0.25, 0.3) is 0 Å². The first kappa shape index (κ1) is 19.6. The molecule has 0 aromatic rings. The lowest BCUT2D eigenvalue weighted by molar-refractivity contribution is -0.890. The molecule has 0 radical (unpaired) electrons. The Balaban J connectivity index is 3.54. The van der Waals surface area contributed by atoms with E-state index in [9.17, 15) is 9.59 Å². The van der Waals surface area contributed by atoms with Crippen molar-refractivity contribution in [2.75, 3.05) is 33.7 Å². The third kappa shape index (κ3) is 12.1. The summed E-state index contributed by atoms with van der Waals surface area (Å²) in [5.41, 5.74) is 0.551. The number of carboxylic acids is 1. The molecule has 5 heteroatoms. The molecule has 0 saturated heterocycles. The molecule has 0 aromatic carbocycles. The molecule has 0 bridgehead atoms. The van der Waals surface area contributed by atoms with Crippen LogP contribution >= 0.6 is 0 Å². The van der Waals surface area contributed by atoms with Gasteiger partial charge in [-0.1, -0.05) is 13.0 Å². The fourth-order valence-corrected chi connectivity index (χ4v) is 2.14. The van der Waals surface area contributed by atoms with Crippen molar-refractivity contribution in [2.45, 2.75) is 45.4 Å². The average Bonchev–Trinajstić information content (AvgIpc) is 2.36. The van der Waals surface area contributed by atoms with Gasteiger partial charge in [-0.2, -0.15) is 0 Å². The molecule has 0 saturated carbocycles. The Bertz CT molecular complexity index is 351. The Hall–Kier alpha value is -1.36. The summed E-state index contributed by atoms with van der Waals surface area (Å²) >= 11 is 0. The van der Waals surface area contributed by atoms with Crippen molar-refractivity contribution in [1.82, 2.24) is 5.32 Å². The molecule has 2 N–H and O–H groups in total. The number of nitrogens with one attached hydrogen (secondary N) is 1. The molecule has 0 atom stereocenters. The van der Waals surface area contributed by atoms with Crippen LogP contribution in [0.4, 0.5) is 0 Å². The summed E-state index contributed by atoms with van der Waals surface area (Å²) in [4.78, 5) is 21.8. The SMILES string of the molecule is C=C(C)C(=O)NCCCCCC[N+](C)(C)CCCC(=O)O. The number of nitrogens with zero attached hydrogens (tertiary/aromatic N) is 1. The summed E-state index contributed by atoms with van der Waals surface area (Å²) in [7, 11) is 4.30. The zero-order valence-electron chi connectivity index (χ0n) is 13.8. The minimum absolute atomic E-state index is 0.0637. The minimum Gasteiger partial charge on any atom is -0.481 e. The first-order valence-corrected chi connectivity index (χ1v) is 7.72. The van der Waals surface area contributed by atoms with Gasteiger partial charge in [-0.3, -0.25) is 9.59 Å². The summed E-state index contributed by atoms with van der Waals surface area (Å²) in [6.07, 6.45) is 5.36. The van der Waals surface area contributed by atoms with E-state index in [-0.39, 0.29) is 12.3 Å². The number of unbranched alkanes of at least 4 members (excludes halogenated alkanes) is 3. The van der Waals surface area contributed by atoms with Gasteiger partial charge >= 0.3 is 5.97 Å². The maximum atomic E-state index is 11.3. The zero-order chi connectivity index (χ0) is 16.3. The summed E-state index contributed by atoms with van der Waals surface area (Å²) in [6, 6.07) is 0. The number of quaternary nitrogens is 1. The van der Waals surface area contributed by atoms with Crippen molar-refractivity contribution in [3.8, 4) is 0 Å². The largest absolute Gasteiger partial charge is 0.481 e. The van der Waals surface area contributed by atoms with Crippen LogP contribution in [-0.4, -0.2) is 55.2 Å².